The molecule has 1 unspecified atom stereocenters. The van der Waals surface area contributed by atoms with Gasteiger partial charge < -0.3 is 9.84 Å². The first kappa shape index (κ1) is 12.3. The van der Waals surface area contributed by atoms with Crippen molar-refractivity contribution in [2.75, 3.05) is 6.61 Å². The first-order chi connectivity index (χ1) is 8.09. The number of allylic oxidation sites excluding steroid dienone is 1. The molecule has 1 aliphatic heterocycles. The molecule has 2 nitrogen and oxygen atoms in total. The van der Waals surface area contributed by atoms with Crippen molar-refractivity contribution in [3.8, 4) is 0 Å². The second-order valence-corrected chi connectivity index (χ2v) is 4.19. The molecule has 92 valence electrons. The number of hydrogen-bond donors (Lipinski definition) is 1. The van der Waals surface area contributed by atoms with E-state index in [2.05, 4.69) is 0 Å². The topological polar surface area (TPSA) is 29.5 Å². The third kappa shape index (κ3) is 2.58. The normalized spacial score (nSPS) is 17.3. The van der Waals surface area contributed by atoms with Gasteiger partial charge in [-0.1, -0.05) is 11.6 Å². The number of benzene rings is 1. The average Bonchev–Trinajstić information content (AvgIpc) is 2.34. The molecular weight excluding hydrogens is 250 g/mol. The Hall–Kier alpha value is -1.13. The average molecular weight is 261 g/mol. The van der Waals surface area contributed by atoms with Gasteiger partial charge in [-0.15, -0.1) is 0 Å². The maximum absolute atomic E-state index is 13.5. The summed E-state index contributed by atoms with van der Waals surface area (Å²) in [5, 5.41) is 9.59. The van der Waals surface area contributed by atoms with Crippen molar-refractivity contribution in [1.29, 1.82) is 0 Å². The smallest absolute Gasteiger partial charge is 0.142 e. The van der Waals surface area contributed by atoms with E-state index < -0.39 is 17.7 Å². The van der Waals surface area contributed by atoms with Crippen LogP contribution in [0.2, 0.25) is 5.02 Å². The van der Waals surface area contributed by atoms with Crippen molar-refractivity contribution in [3.05, 3.63) is 46.2 Å². The van der Waals surface area contributed by atoms with Crippen molar-refractivity contribution in [2.24, 2.45) is 0 Å². The first-order valence-corrected chi connectivity index (χ1v) is 5.62. The Morgan fingerprint density at radius 1 is 1.29 bits per heavy atom. The Kier molecular flexibility index (Phi) is 3.64. The number of aliphatic hydroxyl groups is 1. The summed E-state index contributed by atoms with van der Waals surface area (Å²) in [7, 11) is 0. The summed E-state index contributed by atoms with van der Waals surface area (Å²) >= 11 is 5.43. The predicted octanol–water partition coefficient (Wildman–Crippen LogP) is 3.35. The lowest BCUT2D eigenvalue weighted by Crippen LogP contribution is -2.11. The quantitative estimate of drug-likeness (QED) is 0.827. The maximum Gasteiger partial charge on any atom is 0.142 e. The number of aliphatic hydroxyl groups excluding tert-OH is 1. The van der Waals surface area contributed by atoms with Gasteiger partial charge in [0, 0.05) is 5.56 Å². The zero-order valence-electron chi connectivity index (χ0n) is 8.92. The van der Waals surface area contributed by atoms with E-state index in [1.807, 2.05) is 0 Å². The first-order valence-electron chi connectivity index (χ1n) is 5.25. The van der Waals surface area contributed by atoms with Gasteiger partial charge in [0.2, 0.25) is 0 Å². The van der Waals surface area contributed by atoms with Gasteiger partial charge in [-0.3, -0.25) is 0 Å². The van der Waals surface area contributed by atoms with Crippen molar-refractivity contribution in [2.45, 2.75) is 18.9 Å². The van der Waals surface area contributed by atoms with Crippen molar-refractivity contribution in [1.82, 2.24) is 0 Å². The molecule has 0 radical (unpaired) electrons. The number of rotatable bonds is 2. The molecular formula is C12H11ClF2O2. The van der Waals surface area contributed by atoms with E-state index in [4.69, 9.17) is 16.3 Å². The van der Waals surface area contributed by atoms with Crippen molar-refractivity contribution < 1.29 is 18.6 Å². The third-order valence-corrected chi connectivity index (χ3v) is 2.86. The van der Waals surface area contributed by atoms with Gasteiger partial charge in [0.05, 0.1) is 11.6 Å². The minimum Gasteiger partial charge on any atom is -0.495 e. The standard InChI is InChI=1S/C12H11ClF2O2/c13-8-6-9(14)7(5-10(8)15)12(16)11-3-1-2-4-17-11/h3,5-6,12,16H,1-2,4H2. The number of hydrogen-bond acceptors (Lipinski definition) is 2. The Morgan fingerprint density at radius 3 is 2.71 bits per heavy atom. The van der Waals surface area contributed by atoms with E-state index in [0.717, 1.165) is 25.0 Å². The Morgan fingerprint density at radius 2 is 2.06 bits per heavy atom. The van der Waals surface area contributed by atoms with Gasteiger partial charge in [-0.25, -0.2) is 8.78 Å². The van der Waals surface area contributed by atoms with Crippen LogP contribution in [0.15, 0.2) is 24.0 Å². The molecule has 2 rings (SSSR count). The fourth-order valence-corrected chi connectivity index (χ4v) is 1.82. The van der Waals surface area contributed by atoms with Crippen molar-refractivity contribution in [3.63, 3.8) is 0 Å². The maximum atomic E-state index is 13.5. The zero-order chi connectivity index (χ0) is 12.4. The van der Waals surface area contributed by atoms with E-state index in [1.165, 1.54) is 0 Å². The van der Waals surface area contributed by atoms with Gasteiger partial charge in [0.15, 0.2) is 0 Å². The molecule has 1 N–H and O–H groups in total. The Balaban J connectivity index is 2.33. The van der Waals surface area contributed by atoms with E-state index in [0.29, 0.717) is 6.61 Å². The summed E-state index contributed by atoms with van der Waals surface area (Å²) in [6, 6.07) is 1.74. The molecule has 0 aromatic heterocycles. The van der Waals surface area contributed by atoms with Gasteiger partial charge in [0.25, 0.3) is 0 Å². The van der Waals surface area contributed by atoms with Gasteiger partial charge in [-0.2, -0.15) is 0 Å². The fourth-order valence-electron chi connectivity index (χ4n) is 1.67. The third-order valence-electron chi connectivity index (χ3n) is 2.57. The van der Waals surface area contributed by atoms with Crippen LogP contribution < -0.4 is 0 Å². The van der Waals surface area contributed by atoms with Crippen LogP contribution in [-0.4, -0.2) is 11.7 Å². The monoisotopic (exact) mass is 260 g/mol. The summed E-state index contributed by atoms with van der Waals surface area (Å²) in [6.07, 6.45) is 2.00. The van der Waals surface area contributed by atoms with Crippen LogP contribution in [-0.2, 0) is 4.74 Å². The lowest BCUT2D eigenvalue weighted by Gasteiger charge is -2.20. The lowest BCUT2D eigenvalue weighted by molar-refractivity contribution is 0.0895. The summed E-state index contributed by atoms with van der Waals surface area (Å²) in [5.41, 5.74) is -0.167. The van der Waals surface area contributed by atoms with Gasteiger partial charge >= 0.3 is 0 Å². The molecule has 1 aromatic carbocycles. The highest BCUT2D eigenvalue weighted by Crippen LogP contribution is 2.30. The van der Waals surface area contributed by atoms with E-state index >= 15 is 0 Å². The van der Waals surface area contributed by atoms with Crippen LogP contribution in [0.4, 0.5) is 8.78 Å². The molecule has 0 bridgehead atoms. The minimum atomic E-state index is -1.29. The SMILES string of the molecule is OC(C1=CCCCO1)c1cc(F)c(Cl)cc1F. The van der Waals surface area contributed by atoms with E-state index in [1.54, 1.807) is 6.08 Å². The largest absolute Gasteiger partial charge is 0.495 e. The summed E-state index contributed by atoms with van der Waals surface area (Å²) in [5.74, 6) is -1.26. The van der Waals surface area contributed by atoms with Crippen LogP contribution >= 0.6 is 11.6 Å². The van der Waals surface area contributed by atoms with Crippen LogP contribution in [0.3, 0.4) is 0 Å². The highest BCUT2D eigenvalue weighted by Gasteiger charge is 2.22. The predicted molar refractivity (Wildman–Crippen MR) is 59.6 cm³/mol. The van der Waals surface area contributed by atoms with E-state index in [-0.39, 0.29) is 16.3 Å². The number of ether oxygens (including phenoxy) is 1. The zero-order valence-corrected chi connectivity index (χ0v) is 9.68. The summed E-state index contributed by atoms with van der Waals surface area (Å²) in [4.78, 5) is 0. The van der Waals surface area contributed by atoms with Crippen LogP contribution in [0, 0.1) is 11.6 Å². The van der Waals surface area contributed by atoms with Gasteiger partial charge in [0.1, 0.15) is 23.5 Å². The molecule has 17 heavy (non-hydrogen) atoms. The molecule has 0 saturated carbocycles. The van der Waals surface area contributed by atoms with Crippen LogP contribution in [0.1, 0.15) is 24.5 Å². The highest BCUT2D eigenvalue weighted by atomic mass is 35.5. The Labute approximate surface area is 102 Å². The molecule has 0 aliphatic carbocycles. The molecule has 1 atom stereocenters. The summed E-state index contributed by atoms with van der Waals surface area (Å²) in [6.45, 7) is 0.473. The molecule has 1 aromatic rings. The lowest BCUT2D eigenvalue weighted by atomic mass is 10.0. The van der Waals surface area contributed by atoms with Crippen LogP contribution in [0.5, 0.6) is 0 Å². The molecule has 0 fully saturated rings. The second-order valence-electron chi connectivity index (χ2n) is 3.79. The molecule has 0 saturated heterocycles. The van der Waals surface area contributed by atoms with Gasteiger partial charge in [-0.05, 0) is 31.1 Å². The molecule has 0 spiro atoms. The molecule has 5 heteroatoms. The number of halogens is 3. The van der Waals surface area contributed by atoms with Crippen LogP contribution in [0.25, 0.3) is 0 Å². The minimum absolute atomic E-state index is 0.167. The molecule has 0 amide bonds. The Bertz CT molecular complexity index is 460. The summed E-state index contributed by atoms with van der Waals surface area (Å²) < 4.78 is 32.0. The van der Waals surface area contributed by atoms with Crippen molar-refractivity contribution >= 4 is 11.6 Å². The highest BCUT2D eigenvalue weighted by molar-refractivity contribution is 6.30. The second kappa shape index (κ2) is 5.02. The van der Waals surface area contributed by atoms with E-state index in [9.17, 15) is 13.9 Å². The molecule has 1 heterocycles. The fraction of sp³-hybridized carbons (Fsp3) is 0.333. The molecule has 1 aliphatic rings.